The van der Waals surface area contributed by atoms with Gasteiger partial charge in [-0.1, -0.05) is 13.8 Å². The molecule has 140 valence electrons. The topological polar surface area (TPSA) is 113 Å². The van der Waals surface area contributed by atoms with Crippen molar-refractivity contribution in [2.24, 2.45) is 0 Å². The van der Waals surface area contributed by atoms with Crippen molar-refractivity contribution in [1.82, 2.24) is 15.8 Å². The van der Waals surface area contributed by atoms with E-state index in [9.17, 15) is 27.6 Å². The van der Waals surface area contributed by atoms with Crippen LogP contribution in [0.5, 0.6) is 0 Å². The molecule has 0 saturated carbocycles. The van der Waals surface area contributed by atoms with Gasteiger partial charge in [-0.3, -0.25) is 25.2 Å². The van der Waals surface area contributed by atoms with Crippen molar-refractivity contribution in [3.8, 4) is 0 Å². The van der Waals surface area contributed by atoms with Crippen LogP contribution in [-0.2, 0) is 15.8 Å². The first-order valence-corrected chi connectivity index (χ1v) is 7.57. The average molecular weight is 372 g/mol. The predicted molar refractivity (Wildman–Crippen MR) is 83.8 cm³/mol. The molecule has 3 amide bonds. The van der Waals surface area contributed by atoms with Gasteiger partial charge in [-0.25, -0.2) is 4.98 Å². The number of amides is 3. The van der Waals surface area contributed by atoms with Crippen LogP contribution in [0.4, 0.5) is 18.9 Å². The summed E-state index contributed by atoms with van der Waals surface area (Å²) in [6, 6.07) is 1.75. The third-order valence-corrected chi connectivity index (χ3v) is 3.27. The van der Waals surface area contributed by atoms with Crippen LogP contribution < -0.4 is 16.2 Å². The van der Waals surface area contributed by atoms with E-state index in [4.69, 9.17) is 4.42 Å². The molecule has 8 nitrogen and oxygen atoms in total. The Balaban J connectivity index is 2.48. The molecule has 0 spiro atoms. The van der Waals surface area contributed by atoms with Gasteiger partial charge >= 0.3 is 12.1 Å². The summed E-state index contributed by atoms with van der Waals surface area (Å²) in [5.41, 5.74) is 2.33. The molecule has 0 aliphatic carbocycles. The molecule has 0 aliphatic rings. The fourth-order valence-electron chi connectivity index (χ4n) is 1.92. The van der Waals surface area contributed by atoms with Crippen LogP contribution in [-0.4, -0.2) is 22.7 Å². The number of furan rings is 1. The number of nitrogens with zero attached hydrogens (tertiary/aromatic N) is 1. The number of carbonyl (C=O) groups is 3. The fraction of sp³-hybridized carbons (Fsp3) is 0.333. The van der Waals surface area contributed by atoms with E-state index in [1.54, 1.807) is 13.8 Å². The standard InChI is InChI=1S/C15H15F3N4O4/c1-3-9(23)20-11-7-5-6-8(15(16,17)18)19-14(7)26-12(11)13(25)22-21-10(24)4-2/h5-6H,3-4H2,1-2H3,(H,20,23)(H,21,24)(H,22,25). The first-order chi connectivity index (χ1) is 12.2. The lowest BCUT2D eigenvalue weighted by Crippen LogP contribution is -2.41. The molecule has 0 bridgehead atoms. The number of aromatic nitrogens is 1. The molecule has 11 heteroatoms. The molecule has 3 N–H and O–H groups in total. The molecule has 2 aromatic heterocycles. The summed E-state index contributed by atoms with van der Waals surface area (Å²) in [5.74, 6) is -2.42. The fourth-order valence-corrected chi connectivity index (χ4v) is 1.92. The van der Waals surface area contributed by atoms with Gasteiger partial charge in [-0.05, 0) is 12.1 Å². The highest BCUT2D eigenvalue weighted by Gasteiger charge is 2.34. The molecule has 0 unspecified atom stereocenters. The zero-order chi connectivity index (χ0) is 19.5. The second kappa shape index (κ2) is 7.42. The van der Waals surface area contributed by atoms with Crippen LogP contribution in [0.15, 0.2) is 16.5 Å². The van der Waals surface area contributed by atoms with E-state index in [-0.39, 0.29) is 23.9 Å². The first kappa shape index (κ1) is 19.2. The Morgan fingerprint density at radius 2 is 1.73 bits per heavy atom. The van der Waals surface area contributed by atoms with Crippen molar-refractivity contribution in [1.29, 1.82) is 0 Å². The predicted octanol–water partition coefficient (Wildman–Crippen LogP) is 2.37. The maximum Gasteiger partial charge on any atom is 0.433 e. The van der Waals surface area contributed by atoms with Gasteiger partial charge < -0.3 is 9.73 Å². The molecule has 0 radical (unpaired) electrons. The van der Waals surface area contributed by atoms with E-state index in [2.05, 4.69) is 21.2 Å². The first-order valence-electron chi connectivity index (χ1n) is 7.57. The van der Waals surface area contributed by atoms with Crippen molar-refractivity contribution in [2.75, 3.05) is 5.32 Å². The molecule has 0 saturated heterocycles. The van der Waals surface area contributed by atoms with Gasteiger partial charge in [0.2, 0.25) is 23.3 Å². The van der Waals surface area contributed by atoms with Gasteiger partial charge in [0.15, 0.2) is 0 Å². The second-order valence-electron chi connectivity index (χ2n) is 5.11. The lowest BCUT2D eigenvalue weighted by atomic mass is 10.2. The number of pyridine rings is 1. The van der Waals surface area contributed by atoms with Gasteiger partial charge in [0.25, 0.3) is 0 Å². The molecular weight excluding hydrogens is 357 g/mol. The monoisotopic (exact) mass is 372 g/mol. The maximum absolute atomic E-state index is 12.8. The summed E-state index contributed by atoms with van der Waals surface area (Å²) < 4.78 is 43.5. The van der Waals surface area contributed by atoms with Crippen molar-refractivity contribution < 1.29 is 32.0 Å². The number of hydrogen-bond acceptors (Lipinski definition) is 5. The Bertz CT molecular complexity index is 860. The van der Waals surface area contributed by atoms with Gasteiger partial charge in [0, 0.05) is 12.8 Å². The Kier molecular flexibility index (Phi) is 5.48. The maximum atomic E-state index is 12.8. The molecular formula is C15H15F3N4O4. The minimum absolute atomic E-state index is 0.0202. The second-order valence-corrected chi connectivity index (χ2v) is 5.11. The summed E-state index contributed by atoms with van der Waals surface area (Å²) in [6.45, 7) is 3.11. The Labute approximate surface area is 145 Å². The Morgan fingerprint density at radius 3 is 2.31 bits per heavy atom. The lowest BCUT2D eigenvalue weighted by Gasteiger charge is -2.07. The third kappa shape index (κ3) is 4.10. The lowest BCUT2D eigenvalue weighted by molar-refractivity contribution is -0.141. The number of alkyl halides is 3. The van der Waals surface area contributed by atoms with E-state index >= 15 is 0 Å². The number of anilines is 1. The van der Waals surface area contributed by atoms with Crippen molar-refractivity contribution in [3.63, 3.8) is 0 Å². The number of nitrogens with one attached hydrogen (secondary N) is 3. The van der Waals surface area contributed by atoms with Crippen molar-refractivity contribution in [2.45, 2.75) is 32.9 Å². The molecule has 2 rings (SSSR count). The molecule has 0 fully saturated rings. The van der Waals surface area contributed by atoms with Crippen molar-refractivity contribution >= 4 is 34.5 Å². The van der Waals surface area contributed by atoms with Gasteiger partial charge in [-0.15, -0.1) is 0 Å². The van der Waals surface area contributed by atoms with Crippen LogP contribution in [0.25, 0.3) is 11.1 Å². The van der Waals surface area contributed by atoms with Crippen LogP contribution in [0.2, 0.25) is 0 Å². The van der Waals surface area contributed by atoms with E-state index in [1.165, 1.54) is 0 Å². The highest BCUT2D eigenvalue weighted by Crippen LogP contribution is 2.34. The number of halogens is 3. The number of hydrazine groups is 1. The molecule has 2 aromatic rings. The highest BCUT2D eigenvalue weighted by atomic mass is 19.4. The van der Waals surface area contributed by atoms with Crippen LogP contribution in [0.1, 0.15) is 42.9 Å². The SMILES string of the molecule is CCC(=O)NNC(=O)c1oc2nc(C(F)(F)F)ccc2c1NC(=O)CC. The largest absolute Gasteiger partial charge is 0.433 e. The smallest absolute Gasteiger partial charge is 0.430 e. The van der Waals surface area contributed by atoms with E-state index in [0.29, 0.717) is 6.07 Å². The van der Waals surface area contributed by atoms with Crippen LogP contribution >= 0.6 is 0 Å². The summed E-state index contributed by atoms with van der Waals surface area (Å²) in [6.07, 6.45) is -4.55. The van der Waals surface area contributed by atoms with E-state index in [0.717, 1.165) is 6.07 Å². The van der Waals surface area contributed by atoms with Crippen molar-refractivity contribution in [3.05, 3.63) is 23.6 Å². The van der Waals surface area contributed by atoms with Gasteiger partial charge in [-0.2, -0.15) is 13.2 Å². The Morgan fingerprint density at radius 1 is 1.08 bits per heavy atom. The zero-order valence-electron chi connectivity index (χ0n) is 13.8. The summed E-state index contributed by atoms with van der Waals surface area (Å²) in [5, 5.41) is 2.42. The Hall–Kier alpha value is -3.11. The van der Waals surface area contributed by atoms with Gasteiger partial charge in [0.05, 0.1) is 5.39 Å². The van der Waals surface area contributed by atoms with E-state index < -0.39 is 41.1 Å². The summed E-state index contributed by atoms with van der Waals surface area (Å²) in [7, 11) is 0. The number of carbonyl (C=O) groups excluding carboxylic acids is 3. The molecule has 0 atom stereocenters. The number of rotatable bonds is 4. The van der Waals surface area contributed by atoms with Crippen LogP contribution in [0.3, 0.4) is 0 Å². The highest BCUT2D eigenvalue weighted by molar-refractivity contribution is 6.10. The molecule has 0 aliphatic heterocycles. The minimum atomic E-state index is -4.70. The van der Waals surface area contributed by atoms with Gasteiger partial charge in [0.1, 0.15) is 11.4 Å². The number of hydrogen-bond donors (Lipinski definition) is 3. The quantitative estimate of drug-likeness (QED) is 0.713. The minimum Gasteiger partial charge on any atom is -0.430 e. The summed E-state index contributed by atoms with van der Waals surface area (Å²) >= 11 is 0. The molecule has 2 heterocycles. The third-order valence-electron chi connectivity index (χ3n) is 3.27. The number of fused-ring (bicyclic) bond motifs is 1. The van der Waals surface area contributed by atoms with E-state index in [1.807, 2.05) is 0 Å². The average Bonchev–Trinajstić information content (AvgIpc) is 2.96. The van der Waals surface area contributed by atoms with Crippen LogP contribution in [0, 0.1) is 0 Å². The molecule has 26 heavy (non-hydrogen) atoms. The normalized spacial score (nSPS) is 11.3. The molecule has 0 aromatic carbocycles. The zero-order valence-corrected chi connectivity index (χ0v) is 13.8. The summed E-state index contributed by atoms with van der Waals surface area (Å²) in [4.78, 5) is 38.4.